The predicted molar refractivity (Wildman–Crippen MR) is 63.5 cm³/mol. The van der Waals surface area contributed by atoms with E-state index >= 15 is 0 Å². The SMILES string of the molecule is O=C(O)c1cccc2nnn(CCOC3CC3)c12. The molecule has 2 aromatic rings. The number of ether oxygens (including phenoxy) is 1. The van der Waals surface area contributed by atoms with Gasteiger partial charge in [-0.2, -0.15) is 0 Å². The lowest BCUT2D eigenvalue weighted by molar-refractivity contribution is 0.0697. The molecule has 1 heterocycles. The number of hydrogen-bond acceptors (Lipinski definition) is 4. The topological polar surface area (TPSA) is 77.2 Å². The Morgan fingerprint density at radius 3 is 3.06 bits per heavy atom. The van der Waals surface area contributed by atoms with Gasteiger partial charge in [0.25, 0.3) is 0 Å². The predicted octanol–water partition coefficient (Wildman–Crippen LogP) is 1.31. The molecule has 1 aromatic carbocycles. The summed E-state index contributed by atoms with van der Waals surface area (Å²) in [6, 6.07) is 4.99. The molecule has 1 aliphatic rings. The smallest absolute Gasteiger partial charge is 0.337 e. The Bertz CT molecular complexity index is 589. The average Bonchev–Trinajstić information content (AvgIpc) is 3.09. The molecule has 3 rings (SSSR count). The van der Waals surface area contributed by atoms with E-state index in [2.05, 4.69) is 10.3 Å². The fraction of sp³-hybridized carbons (Fsp3) is 0.417. The van der Waals surface area contributed by atoms with Crippen LogP contribution in [0.2, 0.25) is 0 Å². The van der Waals surface area contributed by atoms with Crippen LogP contribution < -0.4 is 0 Å². The van der Waals surface area contributed by atoms with E-state index in [4.69, 9.17) is 9.84 Å². The van der Waals surface area contributed by atoms with Crippen LogP contribution in [0.5, 0.6) is 0 Å². The number of benzene rings is 1. The van der Waals surface area contributed by atoms with Gasteiger partial charge in [-0.3, -0.25) is 0 Å². The Hall–Kier alpha value is -1.95. The van der Waals surface area contributed by atoms with Crippen molar-refractivity contribution in [3.05, 3.63) is 23.8 Å². The minimum atomic E-state index is -0.965. The number of carboxylic acid groups (broad SMARTS) is 1. The molecule has 0 atom stereocenters. The van der Waals surface area contributed by atoms with Crippen LogP contribution in [-0.4, -0.2) is 38.8 Å². The van der Waals surface area contributed by atoms with E-state index in [-0.39, 0.29) is 5.56 Å². The maximum absolute atomic E-state index is 11.2. The molecule has 18 heavy (non-hydrogen) atoms. The van der Waals surface area contributed by atoms with Crippen molar-refractivity contribution in [2.24, 2.45) is 0 Å². The number of para-hydroxylation sites is 1. The summed E-state index contributed by atoms with van der Waals surface area (Å²) in [5.41, 5.74) is 1.38. The molecule has 1 aliphatic carbocycles. The van der Waals surface area contributed by atoms with Crippen LogP contribution >= 0.6 is 0 Å². The van der Waals surface area contributed by atoms with Crippen molar-refractivity contribution in [2.45, 2.75) is 25.5 Å². The van der Waals surface area contributed by atoms with Crippen molar-refractivity contribution < 1.29 is 14.6 Å². The minimum absolute atomic E-state index is 0.226. The second kappa shape index (κ2) is 4.38. The summed E-state index contributed by atoms with van der Waals surface area (Å²) in [7, 11) is 0. The molecule has 0 unspecified atom stereocenters. The third kappa shape index (κ3) is 2.06. The fourth-order valence-electron chi connectivity index (χ4n) is 1.90. The summed E-state index contributed by atoms with van der Waals surface area (Å²) in [5, 5.41) is 17.1. The maximum atomic E-state index is 11.2. The van der Waals surface area contributed by atoms with Crippen LogP contribution in [-0.2, 0) is 11.3 Å². The zero-order chi connectivity index (χ0) is 12.5. The molecular weight excluding hydrogens is 234 g/mol. The van der Waals surface area contributed by atoms with E-state index in [1.165, 1.54) is 0 Å². The van der Waals surface area contributed by atoms with E-state index in [1.54, 1.807) is 22.9 Å². The number of carbonyl (C=O) groups is 1. The molecule has 94 valence electrons. The number of nitrogens with zero attached hydrogens (tertiary/aromatic N) is 3. The first-order valence-electron chi connectivity index (χ1n) is 5.93. The van der Waals surface area contributed by atoms with Gasteiger partial charge in [0.05, 0.1) is 24.8 Å². The number of aromatic carboxylic acids is 1. The second-order valence-corrected chi connectivity index (χ2v) is 4.36. The molecular formula is C12H13N3O3. The van der Waals surface area contributed by atoms with Gasteiger partial charge < -0.3 is 9.84 Å². The molecule has 1 saturated carbocycles. The first-order chi connectivity index (χ1) is 8.75. The van der Waals surface area contributed by atoms with Gasteiger partial charge in [-0.1, -0.05) is 11.3 Å². The van der Waals surface area contributed by atoms with Gasteiger partial charge in [0.2, 0.25) is 0 Å². The van der Waals surface area contributed by atoms with Gasteiger partial charge in [0.15, 0.2) is 0 Å². The normalized spacial score (nSPS) is 15.1. The van der Waals surface area contributed by atoms with Crippen LogP contribution in [0.4, 0.5) is 0 Å². The molecule has 0 aliphatic heterocycles. The molecule has 1 aromatic heterocycles. The van der Waals surface area contributed by atoms with Crippen molar-refractivity contribution in [2.75, 3.05) is 6.61 Å². The fourth-order valence-corrected chi connectivity index (χ4v) is 1.90. The Balaban J connectivity index is 1.87. The van der Waals surface area contributed by atoms with Gasteiger partial charge in [0.1, 0.15) is 11.0 Å². The van der Waals surface area contributed by atoms with Crippen LogP contribution in [0.25, 0.3) is 11.0 Å². The highest BCUT2D eigenvalue weighted by atomic mass is 16.5. The van der Waals surface area contributed by atoms with Crippen LogP contribution in [0.3, 0.4) is 0 Å². The number of aromatic nitrogens is 3. The van der Waals surface area contributed by atoms with Gasteiger partial charge in [0, 0.05) is 0 Å². The van der Waals surface area contributed by atoms with Crippen molar-refractivity contribution in [1.29, 1.82) is 0 Å². The number of hydrogen-bond donors (Lipinski definition) is 1. The van der Waals surface area contributed by atoms with Crippen LogP contribution in [0, 0.1) is 0 Å². The standard InChI is InChI=1S/C12H13N3O3/c16-12(17)9-2-1-3-10-11(9)15(14-13-10)6-7-18-8-4-5-8/h1-3,8H,4-7H2,(H,16,17). The summed E-state index contributed by atoms with van der Waals surface area (Å²) in [6.45, 7) is 1.06. The second-order valence-electron chi connectivity index (χ2n) is 4.36. The molecule has 0 saturated heterocycles. The Morgan fingerprint density at radius 1 is 1.50 bits per heavy atom. The van der Waals surface area contributed by atoms with Crippen LogP contribution in [0.15, 0.2) is 18.2 Å². The number of fused-ring (bicyclic) bond motifs is 1. The summed E-state index contributed by atoms with van der Waals surface area (Å²) >= 11 is 0. The van der Waals surface area contributed by atoms with Gasteiger partial charge in [-0.25, -0.2) is 9.48 Å². The monoisotopic (exact) mass is 247 g/mol. The van der Waals surface area contributed by atoms with Crippen molar-refractivity contribution in [3.8, 4) is 0 Å². The van der Waals surface area contributed by atoms with E-state index in [0.717, 1.165) is 12.8 Å². The highest BCUT2D eigenvalue weighted by molar-refractivity contribution is 6.00. The summed E-state index contributed by atoms with van der Waals surface area (Å²) < 4.78 is 7.14. The summed E-state index contributed by atoms with van der Waals surface area (Å²) in [6.07, 6.45) is 2.63. The first kappa shape index (κ1) is 11.2. The zero-order valence-corrected chi connectivity index (χ0v) is 9.74. The number of rotatable bonds is 5. The first-order valence-corrected chi connectivity index (χ1v) is 5.93. The van der Waals surface area contributed by atoms with E-state index < -0.39 is 5.97 Å². The zero-order valence-electron chi connectivity index (χ0n) is 9.74. The molecule has 0 spiro atoms. The summed E-state index contributed by atoms with van der Waals surface area (Å²) in [5.74, 6) is -0.965. The van der Waals surface area contributed by atoms with E-state index in [9.17, 15) is 4.79 Å². The average molecular weight is 247 g/mol. The Labute approximate surface area is 103 Å². The largest absolute Gasteiger partial charge is 0.478 e. The van der Waals surface area contributed by atoms with Crippen molar-refractivity contribution in [3.63, 3.8) is 0 Å². The third-order valence-corrected chi connectivity index (χ3v) is 2.94. The maximum Gasteiger partial charge on any atom is 0.337 e. The highest BCUT2D eigenvalue weighted by Crippen LogP contribution is 2.23. The molecule has 1 N–H and O–H groups in total. The van der Waals surface area contributed by atoms with Gasteiger partial charge >= 0.3 is 5.97 Å². The van der Waals surface area contributed by atoms with Gasteiger partial charge in [-0.05, 0) is 25.0 Å². The molecule has 6 heteroatoms. The lowest BCUT2D eigenvalue weighted by atomic mass is 10.2. The molecule has 0 bridgehead atoms. The van der Waals surface area contributed by atoms with Crippen molar-refractivity contribution in [1.82, 2.24) is 15.0 Å². The van der Waals surface area contributed by atoms with E-state index in [1.807, 2.05) is 0 Å². The van der Waals surface area contributed by atoms with E-state index in [0.29, 0.717) is 30.3 Å². The summed E-state index contributed by atoms with van der Waals surface area (Å²) in [4.78, 5) is 11.2. The quantitative estimate of drug-likeness (QED) is 0.861. The molecule has 0 radical (unpaired) electrons. The van der Waals surface area contributed by atoms with Gasteiger partial charge in [-0.15, -0.1) is 5.10 Å². The highest BCUT2D eigenvalue weighted by Gasteiger charge is 2.22. The molecule has 0 amide bonds. The Morgan fingerprint density at radius 2 is 2.33 bits per heavy atom. The minimum Gasteiger partial charge on any atom is -0.478 e. The molecule has 1 fully saturated rings. The van der Waals surface area contributed by atoms with Crippen molar-refractivity contribution >= 4 is 17.0 Å². The third-order valence-electron chi connectivity index (χ3n) is 2.94. The lowest BCUT2D eigenvalue weighted by Gasteiger charge is -2.04. The Kier molecular flexibility index (Phi) is 2.71. The number of carboxylic acids is 1. The van der Waals surface area contributed by atoms with Crippen LogP contribution in [0.1, 0.15) is 23.2 Å². The lowest BCUT2D eigenvalue weighted by Crippen LogP contribution is -2.10. The molecule has 6 nitrogen and oxygen atoms in total.